The first-order chi connectivity index (χ1) is 12.0. The molecule has 1 atom stereocenters. The summed E-state index contributed by atoms with van der Waals surface area (Å²) in [5.74, 6) is 1.19. The Labute approximate surface area is 148 Å². The quantitative estimate of drug-likeness (QED) is 0.879. The summed E-state index contributed by atoms with van der Waals surface area (Å²) in [5.41, 5.74) is 0.854. The molecule has 2 rings (SSSR count). The highest BCUT2D eigenvalue weighted by atomic mass is 16.5. The van der Waals surface area contributed by atoms with Crippen molar-refractivity contribution in [3.63, 3.8) is 0 Å². The fraction of sp³-hybridized carbons (Fsp3) is 0.556. The Morgan fingerprint density at radius 2 is 2.04 bits per heavy atom. The number of benzene rings is 1. The minimum absolute atomic E-state index is 0.0406. The Morgan fingerprint density at radius 1 is 1.28 bits per heavy atom. The molecule has 0 unspecified atom stereocenters. The van der Waals surface area contributed by atoms with E-state index in [-0.39, 0.29) is 17.9 Å². The van der Waals surface area contributed by atoms with Gasteiger partial charge in [-0.2, -0.15) is 0 Å². The van der Waals surface area contributed by atoms with Gasteiger partial charge < -0.3 is 24.6 Å². The Balaban J connectivity index is 1.97. The van der Waals surface area contributed by atoms with E-state index in [1.807, 2.05) is 18.2 Å². The van der Waals surface area contributed by atoms with Crippen LogP contribution in [0.5, 0.6) is 11.5 Å². The maximum atomic E-state index is 12.5. The molecule has 1 aliphatic rings. The number of hydrogen-bond acceptors (Lipinski definition) is 4. The summed E-state index contributed by atoms with van der Waals surface area (Å²) in [6.45, 7) is 1.51. The van der Waals surface area contributed by atoms with Crippen molar-refractivity contribution in [2.75, 3.05) is 41.4 Å². The van der Waals surface area contributed by atoms with Gasteiger partial charge in [-0.1, -0.05) is 0 Å². The van der Waals surface area contributed by atoms with Crippen molar-refractivity contribution in [3.05, 3.63) is 23.8 Å². The van der Waals surface area contributed by atoms with Crippen LogP contribution in [0, 0.1) is 5.92 Å². The molecule has 1 aliphatic heterocycles. The third kappa shape index (κ3) is 4.78. The standard InChI is InChI=1S/C18H27N3O4/c1-20(2)18(23)21-9-5-6-13(12-21)17(22)19-11-14-10-15(24-3)7-8-16(14)25-4/h7-8,10,13H,5-6,9,11-12H2,1-4H3,(H,19,22)/t13-/m0/s1. The summed E-state index contributed by atoms with van der Waals surface area (Å²) in [4.78, 5) is 27.9. The molecule has 0 aromatic heterocycles. The van der Waals surface area contributed by atoms with E-state index in [4.69, 9.17) is 9.47 Å². The summed E-state index contributed by atoms with van der Waals surface area (Å²) >= 11 is 0. The second-order valence-electron chi connectivity index (χ2n) is 6.36. The molecule has 7 nitrogen and oxygen atoms in total. The van der Waals surface area contributed by atoms with Crippen LogP contribution in [0.2, 0.25) is 0 Å². The monoisotopic (exact) mass is 349 g/mol. The molecule has 1 saturated heterocycles. The summed E-state index contributed by atoms with van der Waals surface area (Å²) in [7, 11) is 6.64. The number of carbonyl (C=O) groups excluding carboxylic acids is 2. The lowest BCUT2D eigenvalue weighted by Gasteiger charge is -2.33. The van der Waals surface area contributed by atoms with Gasteiger partial charge in [-0.05, 0) is 31.0 Å². The topological polar surface area (TPSA) is 71.1 Å². The van der Waals surface area contributed by atoms with Crippen molar-refractivity contribution in [2.45, 2.75) is 19.4 Å². The van der Waals surface area contributed by atoms with E-state index >= 15 is 0 Å². The van der Waals surface area contributed by atoms with Gasteiger partial charge in [0.15, 0.2) is 0 Å². The number of piperidine rings is 1. The van der Waals surface area contributed by atoms with Gasteiger partial charge in [0.1, 0.15) is 11.5 Å². The molecular weight excluding hydrogens is 322 g/mol. The van der Waals surface area contributed by atoms with Gasteiger partial charge in [0, 0.05) is 39.3 Å². The van der Waals surface area contributed by atoms with Crippen molar-refractivity contribution in [1.29, 1.82) is 0 Å². The maximum absolute atomic E-state index is 12.5. The number of nitrogens with zero attached hydrogens (tertiary/aromatic N) is 2. The van der Waals surface area contributed by atoms with Crippen molar-refractivity contribution in [2.24, 2.45) is 5.92 Å². The van der Waals surface area contributed by atoms with Gasteiger partial charge in [-0.3, -0.25) is 4.79 Å². The van der Waals surface area contributed by atoms with E-state index in [2.05, 4.69) is 5.32 Å². The zero-order valence-corrected chi connectivity index (χ0v) is 15.4. The molecule has 3 amide bonds. The van der Waals surface area contributed by atoms with E-state index in [0.717, 1.165) is 18.4 Å². The van der Waals surface area contributed by atoms with Crippen LogP contribution in [-0.4, -0.2) is 63.1 Å². The van der Waals surface area contributed by atoms with Crippen LogP contribution in [0.25, 0.3) is 0 Å². The predicted molar refractivity (Wildman–Crippen MR) is 94.8 cm³/mol. The van der Waals surface area contributed by atoms with Crippen LogP contribution in [0.15, 0.2) is 18.2 Å². The first-order valence-corrected chi connectivity index (χ1v) is 8.41. The molecule has 25 heavy (non-hydrogen) atoms. The van der Waals surface area contributed by atoms with Gasteiger partial charge in [0.25, 0.3) is 0 Å². The van der Waals surface area contributed by atoms with Gasteiger partial charge in [0.2, 0.25) is 5.91 Å². The van der Waals surface area contributed by atoms with E-state index < -0.39 is 0 Å². The summed E-state index contributed by atoms with van der Waals surface area (Å²) in [5, 5.41) is 2.96. The van der Waals surface area contributed by atoms with Crippen LogP contribution in [0.3, 0.4) is 0 Å². The summed E-state index contributed by atoms with van der Waals surface area (Å²) in [6, 6.07) is 5.43. The van der Waals surface area contributed by atoms with Crippen LogP contribution in [0.1, 0.15) is 18.4 Å². The number of urea groups is 1. The molecule has 1 aromatic rings. The van der Waals surface area contributed by atoms with Gasteiger partial charge in [-0.25, -0.2) is 4.79 Å². The highest BCUT2D eigenvalue weighted by molar-refractivity contribution is 5.80. The molecule has 1 N–H and O–H groups in total. The van der Waals surface area contributed by atoms with E-state index in [1.165, 1.54) is 0 Å². The molecule has 0 bridgehead atoms. The molecule has 7 heteroatoms. The average Bonchev–Trinajstić information content (AvgIpc) is 2.65. The number of hydrogen-bond donors (Lipinski definition) is 1. The number of nitrogens with one attached hydrogen (secondary N) is 1. The predicted octanol–water partition coefficient (Wildman–Crippen LogP) is 1.71. The number of rotatable bonds is 5. The Morgan fingerprint density at radius 3 is 2.68 bits per heavy atom. The minimum Gasteiger partial charge on any atom is -0.497 e. The maximum Gasteiger partial charge on any atom is 0.319 e. The number of ether oxygens (including phenoxy) is 2. The highest BCUT2D eigenvalue weighted by Crippen LogP contribution is 2.24. The van der Waals surface area contributed by atoms with Gasteiger partial charge >= 0.3 is 6.03 Å². The summed E-state index contributed by atoms with van der Waals surface area (Å²) < 4.78 is 10.6. The van der Waals surface area contributed by atoms with E-state index in [0.29, 0.717) is 31.1 Å². The lowest BCUT2D eigenvalue weighted by molar-refractivity contribution is -0.126. The zero-order chi connectivity index (χ0) is 18.4. The lowest BCUT2D eigenvalue weighted by atomic mass is 9.97. The van der Waals surface area contributed by atoms with Crippen molar-refractivity contribution in [3.8, 4) is 11.5 Å². The molecular formula is C18H27N3O4. The van der Waals surface area contributed by atoms with Gasteiger partial charge in [0.05, 0.1) is 20.1 Å². The minimum atomic E-state index is -0.186. The highest BCUT2D eigenvalue weighted by Gasteiger charge is 2.29. The molecule has 1 fully saturated rings. The Bertz CT molecular complexity index is 618. The average molecular weight is 349 g/mol. The number of carbonyl (C=O) groups is 2. The van der Waals surface area contributed by atoms with Crippen LogP contribution < -0.4 is 14.8 Å². The third-order valence-electron chi connectivity index (χ3n) is 4.39. The molecule has 1 aromatic carbocycles. The molecule has 0 aliphatic carbocycles. The van der Waals surface area contributed by atoms with Gasteiger partial charge in [-0.15, -0.1) is 0 Å². The number of amides is 3. The fourth-order valence-electron chi connectivity index (χ4n) is 2.99. The molecule has 138 valence electrons. The first-order valence-electron chi connectivity index (χ1n) is 8.41. The first kappa shape index (κ1) is 18.9. The molecule has 0 saturated carbocycles. The second kappa shape index (κ2) is 8.60. The lowest BCUT2D eigenvalue weighted by Crippen LogP contribution is -2.48. The Hall–Kier alpha value is -2.44. The van der Waals surface area contributed by atoms with Crippen molar-refractivity contribution >= 4 is 11.9 Å². The normalized spacial score (nSPS) is 17.0. The van der Waals surface area contributed by atoms with Crippen LogP contribution >= 0.6 is 0 Å². The van der Waals surface area contributed by atoms with E-state index in [1.54, 1.807) is 38.1 Å². The Kier molecular flexibility index (Phi) is 6.50. The SMILES string of the molecule is COc1ccc(OC)c(CNC(=O)[C@H]2CCCN(C(=O)N(C)C)C2)c1. The van der Waals surface area contributed by atoms with Crippen LogP contribution in [-0.2, 0) is 11.3 Å². The van der Waals surface area contributed by atoms with E-state index in [9.17, 15) is 9.59 Å². The number of likely N-dealkylation sites (tertiary alicyclic amines) is 1. The fourth-order valence-corrected chi connectivity index (χ4v) is 2.99. The zero-order valence-electron chi connectivity index (χ0n) is 15.4. The molecule has 0 radical (unpaired) electrons. The van der Waals surface area contributed by atoms with Crippen molar-refractivity contribution in [1.82, 2.24) is 15.1 Å². The smallest absolute Gasteiger partial charge is 0.319 e. The number of methoxy groups -OCH3 is 2. The third-order valence-corrected chi connectivity index (χ3v) is 4.39. The largest absolute Gasteiger partial charge is 0.497 e. The second-order valence-corrected chi connectivity index (χ2v) is 6.36. The van der Waals surface area contributed by atoms with Crippen LogP contribution in [0.4, 0.5) is 4.79 Å². The van der Waals surface area contributed by atoms with Crippen molar-refractivity contribution < 1.29 is 19.1 Å². The molecule has 1 heterocycles. The summed E-state index contributed by atoms with van der Waals surface area (Å²) in [6.07, 6.45) is 1.62. The molecule has 0 spiro atoms.